The maximum absolute atomic E-state index is 12.7. The number of methoxy groups -OCH3 is 1. The van der Waals surface area contributed by atoms with Gasteiger partial charge in [0.1, 0.15) is 23.7 Å². The van der Waals surface area contributed by atoms with Gasteiger partial charge in [0.2, 0.25) is 11.8 Å². The van der Waals surface area contributed by atoms with E-state index in [-0.39, 0.29) is 49.5 Å². The number of likely N-dealkylation sites (N-methyl/N-ethyl adjacent to an activating group) is 1. The number of hydrogen-bond donors (Lipinski definition) is 3. The zero-order valence-electron chi connectivity index (χ0n) is 20.3. The van der Waals surface area contributed by atoms with Gasteiger partial charge in [-0.3, -0.25) is 9.59 Å². The number of ether oxygens (including phenoxy) is 3. The lowest BCUT2D eigenvalue weighted by Gasteiger charge is -2.37. The Morgan fingerprint density at radius 2 is 1.97 bits per heavy atom. The molecule has 9 nitrogen and oxygen atoms in total. The number of carbonyl (C=O) groups excluding carboxylic acids is 2. The largest absolute Gasteiger partial charge is 0.496 e. The number of para-hydroxylation sites is 1. The van der Waals surface area contributed by atoms with Crippen molar-refractivity contribution in [3.05, 3.63) is 53.6 Å². The van der Waals surface area contributed by atoms with Gasteiger partial charge in [0.05, 0.1) is 32.8 Å². The normalized spacial score (nSPS) is 22.7. The molecule has 1 saturated heterocycles. The zero-order chi connectivity index (χ0) is 24.9. The molecule has 0 spiro atoms. The summed E-state index contributed by atoms with van der Waals surface area (Å²) in [6.07, 6.45) is -0.502. The van der Waals surface area contributed by atoms with Crippen LogP contribution in [0, 0.1) is 0 Å². The number of nitrogens with zero attached hydrogens (tertiary/aromatic N) is 1. The lowest BCUT2D eigenvalue weighted by molar-refractivity contribution is -0.142. The average Bonchev–Trinajstić information content (AvgIpc) is 3.19. The Balaban J connectivity index is 1.41. The van der Waals surface area contributed by atoms with Crippen molar-refractivity contribution in [2.75, 3.05) is 39.7 Å². The highest BCUT2D eigenvalue weighted by atomic mass is 16.6. The molecule has 4 atom stereocenters. The van der Waals surface area contributed by atoms with Gasteiger partial charge in [0.15, 0.2) is 0 Å². The summed E-state index contributed by atoms with van der Waals surface area (Å²) < 4.78 is 17.5. The average molecular weight is 484 g/mol. The van der Waals surface area contributed by atoms with Gasteiger partial charge in [-0.2, -0.15) is 0 Å². The fraction of sp³-hybridized carbons (Fsp3) is 0.462. The second kappa shape index (κ2) is 11.1. The minimum absolute atomic E-state index is 0.0476. The molecular weight excluding hydrogens is 450 g/mol. The van der Waals surface area contributed by atoms with E-state index in [4.69, 9.17) is 14.2 Å². The van der Waals surface area contributed by atoms with Crippen LogP contribution in [-0.4, -0.2) is 74.5 Å². The standard InChI is InChI=1S/C26H33N3O6/c1-29(2)14-25(32)28-17-8-9-22-19(10-17)20-11-18(34-23(15-30)26(20)35-22)12-24(31)27-13-16-6-4-5-7-21(16)33-3/h4-10,18,20,23,26,30H,11-15H2,1-3H3,(H,27,31)(H,28,32)/t18-,20+,23-,26-/m1/s1. The Labute approximate surface area is 205 Å². The fourth-order valence-corrected chi connectivity index (χ4v) is 4.78. The first kappa shape index (κ1) is 25.0. The SMILES string of the molecule is COc1ccccc1CNC(=O)C[C@H]1C[C@H]2c3cc(NC(=O)CN(C)C)ccc3O[C@H]2[C@@H](CO)O1. The minimum Gasteiger partial charge on any atom is -0.496 e. The first-order chi connectivity index (χ1) is 16.9. The van der Waals surface area contributed by atoms with Crippen LogP contribution >= 0.6 is 0 Å². The topological polar surface area (TPSA) is 109 Å². The molecule has 0 radical (unpaired) electrons. The molecule has 0 aromatic heterocycles. The molecule has 2 aliphatic heterocycles. The third-order valence-corrected chi connectivity index (χ3v) is 6.32. The molecule has 2 aliphatic rings. The summed E-state index contributed by atoms with van der Waals surface area (Å²) in [5, 5.41) is 15.8. The van der Waals surface area contributed by atoms with E-state index < -0.39 is 6.10 Å². The summed E-state index contributed by atoms with van der Waals surface area (Å²) in [6.45, 7) is 0.431. The molecule has 3 N–H and O–H groups in total. The van der Waals surface area contributed by atoms with E-state index in [1.807, 2.05) is 50.5 Å². The van der Waals surface area contributed by atoms with Crippen molar-refractivity contribution >= 4 is 17.5 Å². The van der Waals surface area contributed by atoms with Crippen molar-refractivity contribution in [1.29, 1.82) is 0 Å². The van der Waals surface area contributed by atoms with Crippen LogP contribution in [0.15, 0.2) is 42.5 Å². The van der Waals surface area contributed by atoms with Gasteiger partial charge >= 0.3 is 0 Å². The van der Waals surface area contributed by atoms with Gasteiger partial charge in [-0.15, -0.1) is 0 Å². The number of carbonyl (C=O) groups is 2. The van der Waals surface area contributed by atoms with Crippen molar-refractivity contribution in [3.63, 3.8) is 0 Å². The molecule has 2 amide bonds. The van der Waals surface area contributed by atoms with E-state index in [1.165, 1.54) is 0 Å². The molecule has 0 bridgehead atoms. The molecular formula is C26H33N3O6. The van der Waals surface area contributed by atoms with Crippen LogP contribution in [0.5, 0.6) is 11.5 Å². The van der Waals surface area contributed by atoms with E-state index in [1.54, 1.807) is 18.1 Å². The van der Waals surface area contributed by atoms with E-state index in [0.717, 1.165) is 16.9 Å². The van der Waals surface area contributed by atoms with E-state index >= 15 is 0 Å². The molecule has 9 heteroatoms. The van der Waals surface area contributed by atoms with Crippen molar-refractivity contribution in [2.24, 2.45) is 0 Å². The first-order valence-corrected chi connectivity index (χ1v) is 11.8. The van der Waals surface area contributed by atoms with Gasteiger partial charge in [-0.05, 0) is 44.8 Å². The number of nitrogens with one attached hydrogen (secondary N) is 2. The van der Waals surface area contributed by atoms with Crippen LogP contribution in [0.25, 0.3) is 0 Å². The molecule has 2 heterocycles. The Morgan fingerprint density at radius 3 is 2.71 bits per heavy atom. The second-order valence-corrected chi connectivity index (χ2v) is 9.24. The number of benzene rings is 2. The van der Waals surface area contributed by atoms with Crippen molar-refractivity contribution in [2.45, 2.75) is 43.6 Å². The molecule has 1 fully saturated rings. The predicted molar refractivity (Wildman–Crippen MR) is 131 cm³/mol. The summed E-state index contributed by atoms with van der Waals surface area (Å²) in [6, 6.07) is 13.1. The van der Waals surface area contributed by atoms with Crippen LogP contribution in [0.2, 0.25) is 0 Å². The summed E-state index contributed by atoms with van der Waals surface area (Å²) in [5.74, 6) is 1.15. The van der Waals surface area contributed by atoms with Gasteiger partial charge < -0.3 is 34.9 Å². The highest BCUT2D eigenvalue weighted by Crippen LogP contribution is 2.47. The van der Waals surface area contributed by atoms with Gasteiger partial charge in [0, 0.05) is 29.3 Å². The van der Waals surface area contributed by atoms with Gasteiger partial charge in [0.25, 0.3) is 0 Å². The summed E-state index contributed by atoms with van der Waals surface area (Å²) in [7, 11) is 5.28. The highest BCUT2D eigenvalue weighted by Gasteiger charge is 2.46. The van der Waals surface area contributed by atoms with Crippen LogP contribution in [0.4, 0.5) is 5.69 Å². The van der Waals surface area contributed by atoms with Gasteiger partial charge in [-0.1, -0.05) is 18.2 Å². The summed E-state index contributed by atoms with van der Waals surface area (Å²) in [5.41, 5.74) is 2.54. The molecule has 2 aromatic carbocycles. The quantitative estimate of drug-likeness (QED) is 0.500. The number of rotatable bonds is 9. The smallest absolute Gasteiger partial charge is 0.238 e. The maximum Gasteiger partial charge on any atom is 0.238 e. The maximum atomic E-state index is 12.7. The molecule has 0 aliphatic carbocycles. The monoisotopic (exact) mass is 483 g/mol. The molecule has 2 aromatic rings. The van der Waals surface area contributed by atoms with Crippen molar-refractivity contribution in [1.82, 2.24) is 10.2 Å². The Bertz CT molecular complexity index is 1060. The Hall–Kier alpha value is -3.14. The summed E-state index contributed by atoms with van der Waals surface area (Å²) >= 11 is 0. The Kier molecular flexibility index (Phi) is 7.90. The van der Waals surface area contributed by atoms with Crippen LogP contribution in [0.3, 0.4) is 0 Å². The second-order valence-electron chi connectivity index (χ2n) is 9.24. The lowest BCUT2D eigenvalue weighted by atomic mass is 9.84. The third-order valence-electron chi connectivity index (χ3n) is 6.32. The molecule has 0 saturated carbocycles. The van der Waals surface area contributed by atoms with Gasteiger partial charge in [-0.25, -0.2) is 0 Å². The predicted octanol–water partition coefficient (Wildman–Crippen LogP) is 1.90. The fourth-order valence-electron chi connectivity index (χ4n) is 4.78. The van der Waals surface area contributed by atoms with E-state index in [9.17, 15) is 14.7 Å². The Morgan fingerprint density at radius 1 is 1.17 bits per heavy atom. The number of fused-ring (bicyclic) bond motifs is 3. The number of hydrogen-bond acceptors (Lipinski definition) is 7. The van der Waals surface area contributed by atoms with E-state index in [2.05, 4.69) is 10.6 Å². The van der Waals surface area contributed by atoms with E-state index in [0.29, 0.717) is 24.4 Å². The van der Waals surface area contributed by atoms with Crippen LogP contribution in [0.1, 0.15) is 29.9 Å². The summed E-state index contributed by atoms with van der Waals surface area (Å²) in [4.78, 5) is 26.7. The highest BCUT2D eigenvalue weighted by molar-refractivity contribution is 5.92. The molecule has 4 rings (SSSR count). The number of anilines is 1. The van der Waals surface area contributed by atoms with Crippen LogP contribution < -0.4 is 20.1 Å². The minimum atomic E-state index is -0.542. The van der Waals surface area contributed by atoms with Crippen LogP contribution in [-0.2, 0) is 20.9 Å². The number of amides is 2. The molecule has 35 heavy (non-hydrogen) atoms. The zero-order valence-corrected chi connectivity index (χ0v) is 20.3. The number of aliphatic hydroxyl groups excluding tert-OH is 1. The third kappa shape index (κ3) is 5.93. The first-order valence-electron chi connectivity index (χ1n) is 11.8. The molecule has 188 valence electrons. The lowest BCUT2D eigenvalue weighted by Crippen LogP contribution is -2.47. The molecule has 0 unspecified atom stereocenters. The van der Waals surface area contributed by atoms with Crippen molar-refractivity contribution < 1.29 is 28.9 Å². The number of aliphatic hydroxyl groups is 1. The van der Waals surface area contributed by atoms with Crippen molar-refractivity contribution in [3.8, 4) is 11.5 Å².